The van der Waals surface area contributed by atoms with Crippen molar-refractivity contribution in [1.82, 2.24) is 0 Å². The van der Waals surface area contributed by atoms with Gasteiger partial charge in [0, 0.05) is 12.0 Å². The van der Waals surface area contributed by atoms with Gasteiger partial charge in [0.1, 0.15) is 11.0 Å². The molecule has 1 fully saturated rings. The Morgan fingerprint density at radius 2 is 2.00 bits per heavy atom. The first-order chi connectivity index (χ1) is 5.47. The molecule has 0 radical (unpaired) electrons. The van der Waals surface area contributed by atoms with Crippen LogP contribution in [0.25, 0.3) is 0 Å². The van der Waals surface area contributed by atoms with E-state index in [0.29, 0.717) is 0 Å². The molecule has 1 aliphatic rings. The summed E-state index contributed by atoms with van der Waals surface area (Å²) in [6.45, 7) is 0. The number of benzene rings is 1. The highest BCUT2D eigenvalue weighted by Crippen LogP contribution is 2.28. The molecule has 0 spiro atoms. The molecule has 0 saturated carbocycles. The van der Waals surface area contributed by atoms with E-state index in [2.05, 4.69) is 30.3 Å². The van der Waals surface area contributed by atoms with E-state index in [-0.39, 0.29) is 0 Å². The van der Waals surface area contributed by atoms with Gasteiger partial charge in [-0.15, -0.1) is 0 Å². The van der Waals surface area contributed by atoms with Gasteiger partial charge in [-0.25, -0.2) is 0 Å². The van der Waals surface area contributed by atoms with Gasteiger partial charge in [-0.1, -0.05) is 30.3 Å². The Bertz CT molecular complexity index is 212. The SMILES string of the molecule is c1ccc(C2CCC[SH+]2)cc1. The van der Waals surface area contributed by atoms with Crippen molar-refractivity contribution in [3.05, 3.63) is 35.9 Å². The fraction of sp³-hybridized carbons (Fsp3) is 0.400. The van der Waals surface area contributed by atoms with Crippen LogP contribution in [0.5, 0.6) is 0 Å². The normalized spacial score (nSPS) is 23.8. The Morgan fingerprint density at radius 1 is 1.18 bits per heavy atom. The molecule has 1 unspecified atom stereocenters. The summed E-state index contributed by atoms with van der Waals surface area (Å²) < 4.78 is 0. The molecule has 1 saturated heterocycles. The second kappa shape index (κ2) is 3.31. The molecular weight excluding hydrogens is 152 g/mol. The van der Waals surface area contributed by atoms with Crippen molar-refractivity contribution in [1.29, 1.82) is 0 Å². The van der Waals surface area contributed by atoms with E-state index in [1.807, 2.05) is 0 Å². The zero-order chi connectivity index (χ0) is 7.52. The summed E-state index contributed by atoms with van der Waals surface area (Å²) in [5.41, 5.74) is 1.53. The lowest BCUT2D eigenvalue weighted by Crippen LogP contribution is -1.92. The number of hydrogen-bond donors (Lipinski definition) is 0. The number of hydrogen-bond acceptors (Lipinski definition) is 0. The zero-order valence-electron chi connectivity index (χ0n) is 6.53. The number of rotatable bonds is 1. The van der Waals surface area contributed by atoms with Crippen LogP contribution in [0.3, 0.4) is 0 Å². The summed E-state index contributed by atoms with van der Waals surface area (Å²) in [4.78, 5) is 0. The molecule has 0 amide bonds. The Morgan fingerprint density at radius 3 is 2.64 bits per heavy atom. The summed E-state index contributed by atoms with van der Waals surface area (Å²) >= 11 is 1.64. The molecule has 1 aliphatic heterocycles. The van der Waals surface area contributed by atoms with E-state index in [0.717, 1.165) is 5.25 Å². The third kappa shape index (κ3) is 1.59. The fourth-order valence-electron chi connectivity index (χ4n) is 1.57. The predicted molar refractivity (Wildman–Crippen MR) is 52.0 cm³/mol. The van der Waals surface area contributed by atoms with Gasteiger partial charge in [0.05, 0.1) is 0 Å². The topological polar surface area (TPSA) is 0 Å². The lowest BCUT2D eigenvalue weighted by molar-refractivity contribution is 0.829. The van der Waals surface area contributed by atoms with Crippen molar-refractivity contribution < 1.29 is 0 Å². The summed E-state index contributed by atoms with van der Waals surface area (Å²) in [5.74, 6) is 1.40. The smallest absolute Gasteiger partial charge is 0.0622 e. The zero-order valence-corrected chi connectivity index (χ0v) is 7.43. The Labute approximate surface area is 72.0 Å². The molecule has 11 heavy (non-hydrogen) atoms. The minimum atomic E-state index is 0.844. The maximum atomic E-state index is 2.25. The van der Waals surface area contributed by atoms with Crippen molar-refractivity contribution in [3.63, 3.8) is 0 Å². The van der Waals surface area contributed by atoms with Gasteiger partial charge in [0.25, 0.3) is 0 Å². The molecule has 58 valence electrons. The lowest BCUT2D eigenvalue weighted by atomic mass is 10.1. The van der Waals surface area contributed by atoms with Crippen LogP contribution in [-0.2, 0) is 11.8 Å². The molecule has 0 aromatic heterocycles. The maximum absolute atomic E-state index is 2.25. The average Bonchev–Trinajstić information content (AvgIpc) is 2.58. The van der Waals surface area contributed by atoms with Crippen LogP contribution >= 0.6 is 0 Å². The second-order valence-electron chi connectivity index (χ2n) is 2.97. The van der Waals surface area contributed by atoms with Crippen LogP contribution in [-0.4, -0.2) is 5.75 Å². The van der Waals surface area contributed by atoms with E-state index < -0.39 is 0 Å². The highest BCUT2D eigenvalue weighted by atomic mass is 32.2. The largest absolute Gasteiger partial charge is 0.141 e. The molecule has 1 heteroatoms. The molecule has 0 aliphatic carbocycles. The Kier molecular flexibility index (Phi) is 2.18. The van der Waals surface area contributed by atoms with Gasteiger partial charge in [-0.3, -0.25) is 0 Å². The second-order valence-corrected chi connectivity index (χ2v) is 4.41. The van der Waals surface area contributed by atoms with Crippen LogP contribution in [0.2, 0.25) is 0 Å². The van der Waals surface area contributed by atoms with Gasteiger partial charge >= 0.3 is 0 Å². The summed E-state index contributed by atoms with van der Waals surface area (Å²) in [6, 6.07) is 10.9. The molecule has 1 atom stereocenters. The van der Waals surface area contributed by atoms with Gasteiger partial charge in [-0.05, 0) is 18.2 Å². The minimum absolute atomic E-state index is 0.844. The molecular formula is C10H13S+. The van der Waals surface area contributed by atoms with Crippen molar-refractivity contribution in [3.8, 4) is 0 Å². The highest BCUT2D eigenvalue weighted by molar-refractivity contribution is 7.79. The van der Waals surface area contributed by atoms with E-state index in [1.54, 1.807) is 11.8 Å². The van der Waals surface area contributed by atoms with E-state index in [1.165, 1.54) is 24.2 Å². The van der Waals surface area contributed by atoms with Crippen LogP contribution in [0.4, 0.5) is 0 Å². The molecule has 2 rings (SSSR count). The maximum Gasteiger partial charge on any atom is 0.141 e. The quantitative estimate of drug-likeness (QED) is 0.442. The standard InChI is InChI=1S/C10H12S/c1-2-5-9(6-3-1)10-7-4-8-11-10/h1-3,5-6,10H,4,7-8H2/p+1. The highest BCUT2D eigenvalue weighted by Gasteiger charge is 2.24. The predicted octanol–water partition coefficient (Wildman–Crippen LogP) is 2.34. The van der Waals surface area contributed by atoms with Crippen LogP contribution in [0.1, 0.15) is 23.7 Å². The van der Waals surface area contributed by atoms with Crippen molar-refractivity contribution >= 4 is 11.8 Å². The minimum Gasteiger partial charge on any atom is -0.0622 e. The van der Waals surface area contributed by atoms with E-state index in [9.17, 15) is 0 Å². The molecule has 0 N–H and O–H groups in total. The molecule has 1 heterocycles. The third-order valence-corrected chi connectivity index (χ3v) is 3.74. The first-order valence-electron chi connectivity index (χ1n) is 4.18. The summed E-state index contributed by atoms with van der Waals surface area (Å²) in [5, 5.41) is 0.844. The van der Waals surface area contributed by atoms with Gasteiger partial charge in [-0.2, -0.15) is 0 Å². The first kappa shape index (κ1) is 7.23. The first-order valence-corrected chi connectivity index (χ1v) is 5.33. The summed E-state index contributed by atoms with van der Waals surface area (Å²) in [6.07, 6.45) is 2.81. The van der Waals surface area contributed by atoms with Gasteiger partial charge in [0.2, 0.25) is 0 Å². The molecule has 1 aromatic rings. The third-order valence-electron chi connectivity index (χ3n) is 2.17. The van der Waals surface area contributed by atoms with Crippen molar-refractivity contribution in [2.24, 2.45) is 0 Å². The van der Waals surface area contributed by atoms with Crippen molar-refractivity contribution in [2.75, 3.05) is 5.75 Å². The average molecular weight is 165 g/mol. The Balaban J connectivity index is 2.16. The fourth-order valence-corrected chi connectivity index (χ4v) is 3.00. The molecule has 0 bridgehead atoms. The molecule has 0 nitrogen and oxygen atoms in total. The molecule has 1 aromatic carbocycles. The van der Waals surface area contributed by atoms with Crippen LogP contribution in [0, 0.1) is 0 Å². The van der Waals surface area contributed by atoms with Crippen LogP contribution < -0.4 is 0 Å². The number of thiol groups is 1. The Hall–Kier alpha value is -0.430. The van der Waals surface area contributed by atoms with E-state index in [4.69, 9.17) is 0 Å². The van der Waals surface area contributed by atoms with Crippen LogP contribution in [0.15, 0.2) is 30.3 Å². The lowest BCUT2D eigenvalue weighted by Gasteiger charge is -2.00. The van der Waals surface area contributed by atoms with Gasteiger partial charge < -0.3 is 0 Å². The van der Waals surface area contributed by atoms with Gasteiger partial charge in [0.15, 0.2) is 0 Å². The van der Waals surface area contributed by atoms with Crippen molar-refractivity contribution in [2.45, 2.75) is 18.1 Å². The van der Waals surface area contributed by atoms with E-state index >= 15 is 0 Å². The monoisotopic (exact) mass is 165 g/mol. The summed E-state index contributed by atoms with van der Waals surface area (Å²) in [7, 11) is 0.